The average Bonchev–Trinajstić information content (AvgIpc) is 3.98. The minimum atomic E-state index is 0.573. The van der Waals surface area contributed by atoms with Crippen LogP contribution in [0.5, 0.6) is 0 Å². The quantitative estimate of drug-likeness (QED) is 0.175. The second-order valence-electron chi connectivity index (χ2n) is 14.3. The van der Waals surface area contributed by atoms with Gasteiger partial charge >= 0.3 is 0 Å². The highest BCUT2D eigenvalue weighted by molar-refractivity contribution is 7.25. The van der Waals surface area contributed by atoms with Crippen molar-refractivity contribution < 1.29 is 8.83 Å². The lowest BCUT2D eigenvalue weighted by atomic mass is 9.97. The number of nitrogens with zero attached hydrogens (tertiary/aromatic N) is 3. The van der Waals surface area contributed by atoms with Crippen molar-refractivity contribution in [3.63, 3.8) is 0 Å². The fraction of sp³-hybridized carbons (Fsp3) is 0. The molecule has 4 heterocycles. The van der Waals surface area contributed by atoms with E-state index < -0.39 is 0 Å². The van der Waals surface area contributed by atoms with Crippen LogP contribution in [0, 0.1) is 0 Å². The molecule has 0 saturated heterocycles. The van der Waals surface area contributed by atoms with Gasteiger partial charge in [-0.05, 0) is 59.2 Å². The fourth-order valence-electron chi connectivity index (χ4n) is 8.31. The highest BCUT2D eigenvalue weighted by atomic mass is 32.1. The van der Waals surface area contributed by atoms with Crippen LogP contribution in [0.15, 0.2) is 185 Å². The van der Waals surface area contributed by atoms with Crippen molar-refractivity contribution in [1.82, 2.24) is 15.0 Å². The van der Waals surface area contributed by atoms with E-state index in [1.54, 1.807) is 0 Å². The number of thiophene rings is 1. The van der Waals surface area contributed by atoms with Gasteiger partial charge in [0.05, 0.1) is 0 Å². The van der Waals surface area contributed by atoms with E-state index in [-0.39, 0.29) is 0 Å². The maximum atomic E-state index is 6.82. The van der Waals surface area contributed by atoms with Crippen molar-refractivity contribution in [2.75, 3.05) is 0 Å². The molecule has 0 bridgehead atoms. The molecule has 0 radical (unpaired) electrons. The van der Waals surface area contributed by atoms with Crippen LogP contribution in [-0.4, -0.2) is 15.0 Å². The highest BCUT2D eigenvalue weighted by Gasteiger charge is 2.21. The Morgan fingerprint density at radius 1 is 0.333 bits per heavy atom. The number of benzene rings is 8. The van der Waals surface area contributed by atoms with Crippen LogP contribution in [0.25, 0.3) is 120 Å². The van der Waals surface area contributed by atoms with Gasteiger partial charge < -0.3 is 8.83 Å². The van der Waals surface area contributed by atoms with Gasteiger partial charge in [0, 0.05) is 64.0 Å². The summed E-state index contributed by atoms with van der Waals surface area (Å²) in [6.07, 6.45) is 0. The van der Waals surface area contributed by atoms with Crippen LogP contribution in [-0.2, 0) is 0 Å². The van der Waals surface area contributed by atoms with E-state index >= 15 is 0 Å². The number of fused-ring (bicyclic) bond motifs is 9. The normalized spacial score (nSPS) is 11.9. The summed E-state index contributed by atoms with van der Waals surface area (Å²) in [6.45, 7) is 0. The molecular weight excluding hydrogens is 719 g/mol. The summed E-state index contributed by atoms with van der Waals surface area (Å²) in [5.74, 6) is 1.74. The Bertz CT molecular complexity index is 3530. The number of rotatable bonds is 5. The zero-order chi connectivity index (χ0) is 37.5. The van der Waals surface area contributed by atoms with E-state index in [4.69, 9.17) is 23.8 Å². The van der Waals surface area contributed by atoms with E-state index in [2.05, 4.69) is 127 Å². The molecule has 57 heavy (non-hydrogen) atoms. The largest absolute Gasteiger partial charge is 0.456 e. The van der Waals surface area contributed by atoms with Crippen LogP contribution < -0.4 is 0 Å². The first-order valence-corrected chi connectivity index (χ1v) is 19.7. The first kappa shape index (κ1) is 31.9. The summed E-state index contributed by atoms with van der Waals surface area (Å²) in [6, 6.07) is 60.9. The zero-order valence-corrected chi connectivity index (χ0v) is 31.1. The summed E-state index contributed by atoms with van der Waals surface area (Å²) in [5, 5.41) is 6.55. The Morgan fingerprint density at radius 3 is 1.82 bits per heavy atom. The van der Waals surface area contributed by atoms with Crippen LogP contribution in [0.4, 0.5) is 0 Å². The van der Waals surface area contributed by atoms with Crippen molar-refractivity contribution >= 4 is 75.4 Å². The summed E-state index contributed by atoms with van der Waals surface area (Å²) < 4.78 is 15.5. The molecule has 0 amide bonds. The van der Waals surface area contributed by atoms with Gasteiger partial charge in [0.15, 0.2) is 17.5 Å². The Labute approximate surface area is 330 Å². The van der Waals surface area contributed by atoms with Gasteiger partial charge in [-0.1, -0.05) is 133 Å². The SMILES string of the molecule is c1ccc(-c2ccc(-c3nc(-c4ccc5oc6ccccc6c5c4)nc(-c4cccc5oc6c(-c7cccc8sc9ccccc9c78)cccc6c45)n3)cc2)cc1. The molecular formula is C51H29N3O2S. The van der Waals surface area contributed by atoms with Crippen molar-refractivity contribution in [3.8, 4) is 56.4 Å². The van der Waals surface area contributed by atoms with Gasteiger partial charge in [0.2, 0.25) is 0 Å². The van der Waals surface area contributed by atoms with E-state index in [9.17, 15) is 0 Å². The monoisotopic (exact) mass is 747 g/mol. The highest BCUT2D eigenvalue weighted by Crippen LogP contribution is 2.45. The van der Waals surface area contributed by atoms with Gasteiger partial charge in [0.25, 0.3) is 0 Å². The minimum absolute atomic E-state index is 0.573. The first-order chi connectivity index (χ1) is 28.2. The van der Waals surface area contributed by atoms with E-state index in [0.717, 1.165) is 82.8 Å². The van der Waals surface area contributed by atoms with Gasteiger partial charge in [-0.15, -0.1) is 11.3 Å². The van der Waals surface area contributed by atoms with E-state index in [0.29, 0.717) is 17.5 Å². The molecule has 6 heteroatoms. The molecule has 12 aromatic rings. The van der Waals surface area contributed by atoms with Crippen molar-refractivity contribution in [1.29, 1.82) is 0 Å². The lowest BCUT2D eigenvalue weighted by molar-refractivity contribution is 0.669. The molecule has 4 aromatic heterocycles. The predicted octanol–water partition coefficient (Wildman–Crippen LogP) is 14.4. The minimum Gasteiger partial charge on any atom is -0.456 e. The van der Waals surface area contributed by atoms with Crippen molar-refractivity contribution in [2.24, 2.45) is 0 Å². The molecule has 0 aliphatic rings. The Kier molecular flexibility index (Phi) is 7.03. The number of hydrogen-bond donors (Lipinski definition) is 0. The summed E-state index contributed by atoms with van der Waals surface area (Å²) in [7, 11) is 0. The third-order valence-corrected chi connectivity index (χ3v) is 12.1. The van der Waals surface area contributed by atoms with Gasteiger partial charge in [0.1, 0.15) is 22.3 Å². The molecule has 0 aliphatic heterocycles. The molecule has 0 fully saturated rings. The van der Waals surface area contributed by atoms with Crippen molar-refractivity contribution in [3.05, 3.63) is 176 Å². The Hall–Kier alpha value is -7.41. The summed E-state index contributed by atoms with van der Waals surface area (Å²) in [4.78, 5) is 15.6. The average molecular weight is 748 g/mol. The van der Waals surface area contributed by atoms with Gasteiger partial charge in [-0.3, -0.25) is 0 Å². The number of furan rings is 2. The molecule has 266 valence electrons. The van der Waals surface area contributed by atoms with Crippen molar-refractivity contribution in [2.45, 2.75) is 0 Å². The lowest BCUT2D eigenvalue weighted by Gasteiger charge is -2.10. The van der Waals surface area contributed by atoms with E-state index in [1.165, 1.54) is 20.2 Å². The van der Waals surface area contributed by atoms with Crippen LogP contribution in [0.2, 0.25) is 0 Å². The van der Waals surface area contributed by atoms with E-state index in [1.807, 2.05) is 59.9 Å². The Morgan fingerprint density at radius 2 is 0.930 bits per heavy atom. The maximum Gasteiger partial charge on any atom is 0.164 e. The molecule has 0 atom stereocenters. The molecule has 0 N–H and O–H groups in total. The second kappa shape index (κ2) is 12.6. The molecule has 0 unspecified atom stereocenters. The third-order valence-electron chi connectivity index (χ3n) is 11.0. The van der Waals surface area contributed by atoms with Crippen LogP contribution in [0.1, 0.15) is 0 Å². The lowest BCUT2D eigenvalue weighted by Crippen LogP contribution is -2.00. The topological polar surface area (TPSA) is 65.0 Å². The second-order valence-corrected chi connectivity index (χ2v) is 15.4. The molecule has 12 rings (SSSR count). The Balaban J connectivity index is 1.07. The van der Waals surface area contributed by atoms with Crippen LogP contribution in [0.3, 0.4) is 0 Å². The fourth-order valence-corrected chi connectivity index (χ4v) is 9.44. The first-order valence-electron chi connectivity index (χ1n) is 18.9. The summed E-state index contributed by atoms with van der Waals surface area (Å²) >= 11 is 1.82. The standard InChI is InChI=1S/C51H29N3O2S/c1-2-11-30(12-3-1)31-23-25-32(26-24-31)49-52-50(33-27-28-42-40(29-33)34-13-4-6-19-41(34)55-42)54-51(53-49)39-18-9-20-43-46(39)38-17-8-16-36(48(38)56-43)35-15-10-22-45-47(35)37-14-5-7-21-44(37)57-45/h1-29H. The smallest absolute Gasteiger partial charge is 0.164 e. The number of aromatic nitrogens is 3. The molecule has 5 nitrogen and oxygen atoms in total. The maximum absolute atomic E-state index is 6.82. The van der Waals surface area contributed by atoms with Gasteiger partial charge in [-0.25, -0.2) is 15.0 Å². The molecule has 0 aliphatic carbocycles. The molecule has 8 aromatic carbocycles. The van der Waals surface area contributed by atoms with Gasteiger partial charge in [-0.2, -0.15) is 0 Å². The zero-order valence-electron chi connectivity index (χ0n) is 30.3. The molecule has 0 saturated carbocycles. The number of para-hydroxylation sites is 2. The molecule has 0 spiro atoms. The summed E-state index contributed by atoms with van der Waals surface area (Å²) in [5.41, 5.74) is 10.4. The number of hydrogen-bond acceptors (Lipinski definition) is 6. The third kappa shape index (κ3) is 5.12. The van der Waals surface area contributed by atoms with Crippen LogP contribution >= 0.6 is 11.3 Å². The predicted molar refractivity (Wildman–Crippen MR) is 234 cm³/mol.